The lowest BCUT2D eigenvalue weighted by atomic mass is 10.1. The predicted octanol–water partition coefficient (Wildman–Crippen LogP) is 5.86. The second-order valence-electron chi connectivity index (χ2n) is 4.66. The third-order valence-electron chi connectivity index (χ3n) is 3.04. The summed E-state index contributed by atoms with van der Waals surface area (Å²) in [6.07, 6.45) is 1.79. The summed E-state index contributed by atoms with van der Waals surface area (Å²) >= 11 is 0. The van der Waals surface area contributed by atoms with Gasteiger partial charge in [-0.1, -0.05) is 65.8 Å². The van der Waals surface area contributed by atoms with Crippen LogP contribution in [-0.2, 0) is 31.0 Å². The number of benzene rings is 1. The fraction of sp³-hybridized carbons (Fsp3) is 0.667. The third kappa shape index (κ3) is 14.7. The number of hydrogen-bond donors (Lipinski definition) is 1. The highest BCUT2D eigenvalue weighted by atomic mass is 31.2. The quantitative estimate of drug-likeness (QED) is 0.391. The Balaban J connectivity index is -0.000000869. The Bertz CT molecular complexity index is 468. The van der Waals surface area contributed by atoms with E-state index in [0.717, 1.165) is 17.4 Å². The summed E-state index contributed by atoms with van der Waals surface area (Å²) in [6, 6.07) is 7.49. The van der Waals surface area contributed by atoms with Crippen LogP contribution in [0.4, 0.5) is 0 Å². The molecule has 0 fully saturated rings. The lowest BCUT2D eigenvalue weighted by molar-refractivity contribution is -0.109. The molecule has 0 bridgehead atoms. The number of carbonyl (C=O) groups excluding carboxylic acids is 1. The van der Waals surface area contributed by atoms with E-state index in [9.17, 15) is 9.36 Å². The highest BCUT2D eigenvalue weighted by Gasteiger charge is 2.23. The van der Waals surface area contributed by atoms with Gasteiger partial charge in [-0.05, 0) is 38.4 Å². The van der Waals surface area contributed by atoms with Crippen LogP contribution in [0.2, 0.25) is 0 Å². The van der Waals surface area contributed by atoms with E-state index in [2.05, 4.69) is 5.32 Å². The van der Waals surface area contributed by atoms with Gasteiger partial charge >= 0.3 is 7.60 Å². The fourth-order valence-corrected chi connectivity index (χ4v) is 3.70. The molecule has 1 aromatic rings. The first-order valence-corrected chi connectivity index (χ1v) is 11.9. The fourth-order valence-electron chi connectivity index (χ4n) is 2.00. The normalized spacial score (nSPS) is 10.9. The van der Waals surface area contributed by atoms with Gasteiger partial charge in [0.25, 0.3) is 0 Å². The van der Waals surface area contributed by atoms with Crippen LogP contribution < -0.4 is 5.32 Å². The highest BCUT2D eigenvalue weighted by Crippen LogP contribution is 2.51. The van der Waals surface area contributed by atoms with Gasteiger partial charge in [-0.15, -0.1) is 0 Å². The molecular formula is C21H42NO4P. The molecule has 0 saturated carbocycles. The summed E-state index contributed by atoms with van der Waals surface area (Å²) in [5.74, 6) is 0. The first-order chi connectivity index (χ1) is 13.1. The van der Waals surface area contributed by atoms with Crippen molar-refractivity contribution in [3.05, 3.63) is 35.4 Å². The van der Waals surface area contributed by atoms with E-state index >= 15 is 0 Å². The predicted molar refractivity (Wildman–Crippen MR) is 118 cm³/mol. The van der Waals surface area contributed by atoms with Gasteiger partial charge < -0.3 is 19.2 Å². The van der Waals surface area contributed by atoms with E-state index in [1.165, 1.54) is 0 Å². The van der Waals surface area contributed by atoms with Crippen LogP contribution in [0.15, 0.2) is 24.3 Å². The van der Waals surface area contributed by atoms with Gasteiger partial charge in [0, 0.05) is 0 Å². The van der Waals surface area contributed by atoms with E-state index in [4.69, 9.17) is 9.05 Å². The molecule has 0 amide bonds. The maximum atomic E-state index is 12.4. The molecule has 0 heterocycles. The van der Waals surface area contributed by atoms with Crippen LogP contribution in [0.3, 0.4) is 0 Å². The first kappa shape index (κ1) is 30.7. The minimum Gasteiger partial charge on any atom is -0.311 e. The molecule has 0 saturated heterocycles. The third-order valence-corrected chi connectivity index (χ3v) is 5.10. The van der Waals surface area contributed by atoms with E-state index in [1.54, 1.807) is 20.9 Å². The number of carbonyl (C=O) groups is 1. The van der Waals surface area contributed by atoms with Crippen molar-refractivity contribution >= 4 is 13.9 Å². The molecule has 0 aliphatic rings. The number of likely N-dealkylation sites (N-methyl/N-ethyl adjacent to an activating group) is 1. The van der Waals surface area contributed by atoms with Crippen LogP contribution in [-0.4, -0.2) is 32.6 Å². The van der Waals surface area contributed by atoms with E-state index in [-0.39, 0.29) is 12.2 Å². The second kappa shape index (κ2) is 21.3. The molecule has 1 atom stereocenters. The molecular weight excluding hydrogens is 361 g/mol. The van der Waals surface area contributed by atoms with Crippen molar-refractivity contribution in [3.63, 3.8) is 0 Å². The van der Waals surface area contributed by atoms with E-state index in [0.29, 0.717) is 19.6 Å². The minimum atomic E-state index is -3.06. The first-order valence-electron chi connectivity index (χ1n) is 10.1. The Labute approximate surface area is 167 Å². The maximum Gasteiger partial charge on any atom is 0.335 e. The van der Waals surface area contributed by atoms with Crippen molar-refractivity contribution in [2.75, 3.05) is 20.3 Å². The molecule has 0 radical (unpaired) electrons. The Morgan fingerprint density at radius 3 is 1.67 bits per heavy atom. The summed E-state index contributed by atoms with van der Waals surface area (Å²) in [5, 5.41) is 2.93. The van der Waals surface area contributed by atoms with Crippen molar-refractivity contribution in [2.24, 2.45) is 0 Å². The maximum absolute atomic E-state index is 12.4. The van der Waals surface area contributed by atoms with Crippen LogP contribution in [0.5, 0.6) is 0 Å². The lowest BCUT2D eigenvalue weighted by Gasteiger charge is -2.17. The van der Waals surface area contributed by atoms with Crippen molar-refractivity contribution < 1.29 is 18.4 Å². The molecule has 160 valence electrons. The molecule has 0 aliphatic carbocycles. The largest absolute Gasteiger partial charge is 0.335 e. The van der Waals surface area contributed by atoms with Crippen molar-refractivity contribution in [3.8, 4) is 0 Å². The standard InChI is InChI=1S/C15H24NO4P.3C2H6/c1-4-19-21(18,20-5-2)12-14-8-6-13(7-9-14)10-15(11-17)16-3;3*1-2/h6-9,11,15-16H,4-5,10,12H2,1-3H3;3*1-2H3. The number of aldehydes is 1. The van der Waals surface area contributed by atoms with Gasteiger partial charge in [0.15, 0.2) is 0 Å². The van der Waals surface area contributed by atoms with Gasteiger partial charge in [-0.2, -0.15) is 0 Å². The monoisotopic (exact) mass is 403 g/mol. The zero-order valence-electron chi connectivity index (χ0n) is 18.9. The molecule has 0 spiro atoms. The molecule has 1 unspecified atom stereocenters. The molecule has 5 nitrogen and oxygen atoms in total. The topological polar surface area (TPSA) is 64.6 Å². The Hall–Kier alpha value is -1.00. The van der Waals surface area contributed by atoms with Gasteiger partial charge in [0.1, 0.15) is 6.29 Å². The van der Waals surface area contributed by atoms with Crippen LogP contribution in [0.1, 0.15) is 66.5 Å². The number of nitrogens with one attached hydrogen (secondary N) is 1. The highest BCUT2D eigenvalue weighted by molar-refractivity contribution is 7.53. The van der Waals surface area contributed by atoms with Gasteiger partial charge in [0.2, 0.25) is 0 Å². The van der Waals surface area contributed by atoms with Gasteiger partial charge in [0.05, 0.1) is 25.4 Å². The molecule has 0 aromatic heterocycles. The summed E-state index contributed by atoms with van der Waals surface area (Å²) < 4.78 is 23.0. The molecule has 1 aromatic carbocycles. The van der Waals surface area contributed by atoms with Crippen LogP contribution >= 0.6 is 7.60 Å². The summed E-state index contributed by atoms with van der Waals surface area (Å²) in [5.41, 5.74) is 1.95. The Kier molecular flexibility index (Phi) is 24.2. The second-order valence-corrected chi connectivity index (χ2v) is 6.71. The number of hydrogen-bond acceptors (Lipinski definition) is 5. The Morgan fingerprint density at radius 2 is 1.33 bits per heavy atom. The van der Waals surface area contributed by atoms with Crippen LogP contribution in [0.25, 0.3) is 0 Å². The van der Waals surface area contributed by atoms with Crippen LogP contribution in [0, 0.1) is 0 Å². The lowest BCUT2D eigenvalue weighted by Crippen LogP contribution is -2.28. The average Bonchev–Trinajstić information content (AvgIpc) is 2.72. The molecule has 1 rings (SSSR count). The van der Waals surface area contributed by atoms with Crippen molar-refractivity contribution in [2.45, 2.75) is 74.0 Å². The Morgan fingerprint density at radius 1 is 0.926 bits per heavy atom. The zero-order chi connectivity index (χ0) is 21.7. The summed E-state index contributed by atoms with van der Waals surface area (Å²) in [7, 11) is -1.31. The van der Waals surface area contributed by atoms with E-state index < -0.39 is 7.60 Å². The van der Waals surface area contributed by atoms with Crippen molar-refractivity contribution in [1.29, 1.82) is 0 Å². The van der Waals surface area contributed by atoms with Gasteiger partial charge in [-0.3, -0.25) is 4.57 Å². The molecule has 0 aliphatic heterocycles. The molecule has 27 heavy (non-hydrogen) atoms. The average molecular weight is 404 g/mol. The summed E-state index contributed by atoms with van der Waals surface area (Å²) in [6.45, 7) is 16.3. The minimum absolute atomic E-state index is 0.186. The smallest absolute Gasteiger partial charge is 0.311 e. The van der Waals surface area contributed by atoms with Crippen molar-refractivity contribution in [1.82, 2.24) is 5.32 Å². The zero-order valence-corrected chi connectivity index (χ0v) is 19.8. The molecule has 1 N–H and O–H groups in total. The molecule has 6 heteroatoms. The SMILES string of the molecule is CC.CC.CC.CCOP(=O)(Cc1ccc(CC(C=O)NC)cc1)OCC. The van der Waals surface area contributed by atoms with Gasteiger partial charge in [-0.25, -0.2) is 0 Å². The van der Waals surface area contributed by atoms with E-state index in [1.807, 2.05) is 65.8 Å². The number of rotatable bonds is 10. The summed E-state index contributed by atoms with van der Waals surface area (Å²) in [4.78, 5) is 10.8.